The highest BCUT2D eigenvalue weighted by Gasteiger charge is 2.29. The summed E-state index contributed by atoms with van der Waals surface area (Å²) < 4.78 is 13.0. The van der Waals surface area contributed by atoms with Gasteiger partial charge >= 0.3 is 6.03 Å². The van der Waals surface area contributed by atoms with Gasteiger partial charge in [-0.05, 0) is 16.3 Å². The highest BCUT2D eigenvalue weighted by molar-refractivity contribution is 5.96. The number of anilines is 1. The minimum atomic E-state index is -0.567. The number of benzene rings is 2. The number of rotatable bonds is 3. The summed E-state index contributed by atoms with van der Waals surface area (Å²) in [6, 6.07) is 13.6. The Morgan fingerprint density at radius 3 is 2.61 bits per heavy atom. The Balaban J connectivity index is 1.38. The number of hydrogen-bond acceptors (Lipinski definition) is 4. The van der Waals surface area contributed by atoms with Gasteiger partial charge in [-0.15, -0.1) is 0 Å². The van der Waals surface area contributed by atoms with E-state index in [4.69, 9.17) is 0 Å². The molecule has 1 saturated heterocycles. The first kappa shape index (κ1) is 17.8. The van der Waals surface area contributed by atoms with Crippen LogP contribution in [0.5, 0.6) is 0 Å². The number of amides is 3. The summed E-state index contributed by atoms with van der Waals surface area (Å²) in [5, 5.41) is 5.07. The van der Waals surface area contributed by atoms with E-state index in [-0.39, 0.29) is 31.0 Å². The molecule has 0 radical (unpaired) electrons. The third-order valence-corrected chi connectivity index (χ3v) is 4.67. The number of nitrogens with zero attached hydrogens (tertiary/aromatic N) is 4. The second kappa shape index (κ2) is 7.59. The molecule has 1 aromatic heterocycles. The monoisotopic (exact) mass is 379 g/mol. The summed E-state index contributed by atoms with van der Waals surface area (Å²) >= 11 is 0. The molecular formula is C20H18FN5O2. The van der Waals surface area contributed by atoms with Gasteiger partial charge in [0.1, 0.15) is 6.54 Å². The molecule has 28 heavy (non-hydrogen) atoms. The standard InChI is InChI=1S/C20H18FN5O2/c21-16-11-22-19(23-12-16)26-9-8-25(13-18(26)27)20(28)24-10-15-6-3-5-14-4-1-2-7-17(14)15/h1-7,11-12H,8-10,13H2,(H,24,28). The van der Waals surface area contributed by atoms with Gasteiger partial charge in [0.05, 0.1) is 12.4 Å². The van der Waals surface area contributed by atoms with Crippen molar-refractivity contribution in [1.29, 1.82) is 0 Å². The molecular weight excluding hydrogens is 361 g/mol. The number of fused-ring (bicyclic) bond motifs is 1. The molecule has 1 fully saturated rings. The number of urea groups is 1. The molecule has 0 saturated carbocycles. The van der Waals surface area contributed by atoms with Crippen molar-refractivity contribution in [1.82, 2.24) is 20.2 Å². The summed E-state index contributed by atoms with van der Waals surface area (Å²) in [4.78, 5) is 35.3. The maximum absolute atomic E-state index is 13.0. The fraction of sp³-hybridized carbons (Fsp3) is 0.200. The summed E-state index contributed by atoms with van der Waals surface area (Å²) in [5.41, 5.74) is 1.01. The highest BCUT2D eigenvalue weighted by atomic mass is 19.1. The average molecular weight is 379 g/mol. The first-order valence-corrected chi connectivity index (χ1v) is 8.89. The van der Waals surface area contributed by atoms with Crippen LogP contribution >= 0.6 is 0 Å². The molecule has 2 heterocycles. The Kier molecular flexibility index (Phi) is 4.84. The van der Waals surface area contributed by atoms with Gasteiger partial charge < -0.3 is 10.2 Å². The second-order valence-electron chi connectivity index (χ2n) is 6.47. The zero-order valence-electron chi connectivity index (χ0n) is 15.0. The van der Waals surface area contributed by atoms with Crippen LogP contribution in [0.3, 0.4) is 0 Å². The van der Waals surface area contributed by atoms with Gasteiger partial charge in [-0.25, -0.2) is 19.2 Å². The van der Waals surface area contributed by atoms with E-state index in [2.05, 4.69) is 15.3 Å². The normalized spacial score (nSPS) is 14.4. The molecule has 4 rings (SSSR count). The lowest BCUT2D eigenvalue weighted by Gasteiger charge is -2.33. The lowest BCUT2D eigenvalue weighted by molar-refractivity contribution is -0.120. The molecule has 0 atom stereocenters. The fourth-order valence-corrected chi connectivity index (χ4v) is 3.23. The maximum Gasteiger partial charge on any atom is 0.318 e. The van der Waals surface area contributed by atoms with Crippen molar-refractivity contribution < 1.29 is 14.0 Å². The van der Waals surface area contributed by atoms with Gasteiger partial charge in [0, 0.05) is 19.6 Å². The molecule has 8 heteroatoms. The van der Waals surface area contributed by atoms with Crippen LogP contribution in [-0.2, 0) is 11.3 Å². The number of halogens is 1. The van der Waals surface area contributed by atoms with Crippen molar-refractivity contribution in [3.05, 3.63) is 66.2 Å². The summed E-state index contributed by atoms with van der Waals surface area (Å²) in [5.74, 6) is -0.733. The summed E-state index contributed by atoms with van der Waals surface area (Å²) in [6.45, 7) is 0.887. The number of carbonyl (C=O) groups excluding carboxylic acids is 2. The van der Waals surface area contributed by atoms with Crippen LogP contribution < -0.4 is 10.2 Å². The largest absolute Gasteiger partial charge is 0.334 e. The molecule has 0 spiro atoms. The molecule has 0 aliphatic carbocycles. The van der Waals surface area contributed by atoms with Gasteiger partial charge in [-0.1, -0.05) is 42.5 Å². The summed E-state index contributed by atoms with van der Waals surface area (Å²) in [7, 11) is 0. The van der Waals surface area contributed by atoms with Gasteiger partial charge in [0.15, 0.2) is 5.82 Å². The van der Waals surface area contributed by atoms with Gasteiger partial charge in [0.25, 0.3) is 0 Å². The van der Waals surface area contributed by atoms with E-state index in [1.165, 1.54) is 9.80 Å². The summed E-state index contributed by atoms with van der Waals surface area (Å²) in [6.07, 6.45) is 2.03. The number of aromatic nitrogens is 2. The Hall–Kier alpha value is -3.55. The predicted octanol–water partition coefficient (Wildman–Crippen LogP) is 2.33. The zero-order chi connectivity index (χ0) is 19.5. The van der Waals surface area contributed by atoms with Gasteiger partial charge in [-0.3, -0.25) is 9.69 Å². The van der Waals surface area contributed by atoms with Gasteiger partial charge in [0.2, 0.25) is 11.9 Å². The zero-order valence-corrected chi connectivity index (χ0v) is 15.0. The molecule has 0 bridgehead atoms. The Morgan fingerprint density at radius 1 is 1.07 bits per heavy atom. The first-order chi connectivity index (χ1) is 13.6. The van der Waals surface area contributed by atoms with E-state index in [9.17, 15) is 14.0 Å². The minimum absolute atomic E-state index is 0.0812. The van der Waals surface area contributed by atoms with Crippen molar-refractivity contribution in [2.75, 3.05) is 24.5 Å². The molecule has 3 aromatic rings. The lowest BCUT2D eigenvalue weighted by Crippen LogP contribution is -2.55. The van der Waals surface area contributed by atoms with E-state index in [0.717, 1.165) is 28.7 Å². The highest BCUT2D eigenvalue weighted by Crippen LogP contribution is 2.18. The van der Waals surface area contributed by atoms with E-state index < -0.39 is 5.82 Å². The smallest absolute Gasteiger partial charge is 0.318 e. The third kappa shape index (κ3) is 3.62. The maximum atomic E-state index is 13.0. The van der Waals surface area contributed by atoms with Crippen molar-refractivity contribution in [2.24, 2.45) is 0 Å². The molecule has 3 amide bonds. The molecule has 142 valence electrons. The molecule has 1 aliphatic rings. The van der Waals surface area contributed by atoms with E-state index in [0.29, 0.717) is 13.1 Å². The van der Waals surface area contributed by atoms with E-state index in [1.54, 1.807) is 0 Å². The Bertz CT molecular complexity index is 1020. The quantitative estimate of drug-likeness (QED) is 0.758. The molecule has 7 nitrogen and oxygen atoms in total. The van der Waals surface area contributed by atoms with Crippen molar-refractivity contribution in [3.63, 3.8) is 0 Å². The van der Waals surface area contributed by atoms with Crippen LogP contribution in [0.4, 0.5) is 15.1 Å². The predicted molar refractivity (Wildman–Crippen MR) is 102 cm³/mol. The van der Waals surface area contributed by atoms with Crippen molar-refractivity contribution >= 4 is 28.7 Å². The third-order valence-electron chi connectivity index (χ3n) is 4.67. The van der Waals surface area contributed by atoms with E-state index in [1.807, 2.05) is 42.5 Å². The Morgan fingerprint density at radius 2 is 1.82 bits per heavy atom. The fourth-order valence-electron chi connectivity index (χ4n) is 3.23. The lowest BCUT2D eigenvalue weighted by atomic mass is 10.0. The second-order valence-corrected chi connectivity index (χ2v) is 6.47. The molecule has 1 aliphatic heterocycles. The Labute approximate surface area is 160 Å². The number of piperazine rings is 1. The number of hydrogen-bond donors (Lipinski definition) is 1. The topological polar surface area (TPSA) is 78.4 Å². The van der Waals surface area contributed by atoms with Crippen LogP contribution in [0.1, 0.15) is 5.56 Å². The SMILES string of the molecule is O=C(NCc1cccc2ccccc12)N1CCN(c2ncc(F)cn2)C(=O)C1. The first-order valence-electron chi connectivity index (χ1n) is 8.89. The van der Waals surface area contributed by atoms with Crippen LogP contribution in [0.2, 0.25) is 0 Å². The van der Waals surface area contributed by atoms with Crippen LogP contribution in [-0.4, -0.2) is 46.4 Å². The van der Waals surface area contributed by atoms with E-state index >= 15 is 0 Å². The molecule has 0 unspecified atom stereocenters. The minimum Gasteiger partial charge on any atom is -0.334 e. The van der Waals surface area contributed by atoms with Crippen LogP contribution in [0.15, 0.2) is 54.9 Å². The average Bonchev–Trinajstić information content (AvgIpc) is 2.72. The molecule has 2 aromatic carbocycles. The van der Waals surface area contributed by atoms with Gasteiger partial charge in [-0.2, -0.15) is 0 Å². The van der Waals surface area contributed by atoms with Crippen LogP contribution in [0, 0.1) is 5.82 Å². The number of carbonyl (C=O) groups is 2. The van der Waals surface area contributed by atoms with Crippen LogP contribution in [0.25, 0.3) is 10.8 Å². The van der Waals surface area contributed by atoms with Crippen molar-refractivity contribution in [3.8, 4) is 0 Å². The van der Waals surface area contributed by atoms with Crippen molar-refractivity contribution in [2.45, 2.75) is 6.54 Å². The number of nitrogens with one attached hydrogen (secondary N) is 1. The molecule has 1 N–H and O–H groups in total.